The molecule has 1 aromatic heterocycles. The Morgan fingerprint density at radius 2 is 2.40 bits per heavy atom. The largest absolute Gasteiger partial charge is 0.481 e. The molecule has 0 amide bonds. The molecule has 0 aromatic carbocycles. The lowest BCUT2D eigenvalue weighted by atomic mass is 10.0. The van der Waals surface area contributed by atoms with Gasteiger partial charge in [-0.1, -0.05) is 6.08 Å². The number of hydrogen-bond donors (Lipinski definition) is 2. The minimum Gasteiger partial charge on any atom is -0.481 e. The smallest absolute Gasteiger partial charge is 0.212 e. The fourth-order valence-electron chi connectivity index (χ4n) is 1.64. The summed E-state index contributed by atoms with van der Waals surface area (Å²) in [7, 11) is 1.61. The lowest BCUT2D eigenvalue weighted by Crippen LogP contribution is -2.37. The molecule has 1 aliphatic rings. The van der Waals surface area contributed by atoms with Crippen molar-refractivity contribution in [3.8, 4) is 5.88 Å². The van der Waals surface area contributed by atoms with Gasteiger partial charge >= 0.3 is 0 Å². The first kappa shape index (κ1) is 10.1. The van der Waals surface area contributed by atoms with Crippen LogP contribution in [0.5, 0.6) is 5.88 Å². The van der Waals surface area contributed by atoms with Crippen LogP contribution in [0, 0.1) is 0 Å². The van der Waals surface area contributed by atoms with Crippen LogP contribution in [0.3, 0.4) is 0 Å². The zero-order chi connectivity index (χ0) is 10.7. The second-order valence-electron chi connectivity index (χ2n) is 3.58. The Labute approximate surface area is 89.1 Å². The second-order valence-corrected chi connectivity index (χ2v) is 3.58. The van der Waals surface area contributed by atoms with E-state index in [1.807, 2.05) is 18.3 Å². The Morgan fingerprint density at radius 1 is 1.53 bits per heavy atom. The van der Waals surface area contributed by atoms with Gasteiger partial charge in [-0.3, -0.25) is 0 Å². The zero-order valence-corrected chi connectivity index (χ0v) is 8.73. The van der Waals surface area contributed by atoms with Gasteiger partial charge in [0.05, 0.1) is 7.11 Å². The van der Waals surface area contributed by atoms with E-state index in [2.05, 4.69) is 16.4 Å². The first-order chi connectivity index (χ1) is 7.29. The summed E-state index contributed by atoms with van der Waals surface area (Å²) in [6, 6.07) is 3.95. The van der Waals surface area contributed by atoms with Gasteiger partial charge in [0.2, 0.25) is 5.88 Å². The molecule has 2 heterocycles. The molecule has 0 saturated heterocycles. The molecule has 0 radical (unpaired) electrons. The molecule has 2 rings (SSSR count). The van der Waals surface area contributed by atoms with Gasteiger partial charge in [0.15, 0.2) is 0 Å². The van der Waals surface area contributed by atoms with Crippen LogP contribution >= 0.6 is 0 Å². The minimum atomic E-state index is 0.0934. The Hall–Kier alpha value is -1.39. The quantitative estimate of drug-likeness (QED) is 0.734. The third-order valence-electron chi connectivity index (χ3n) is 2.43. The van der Waals surface area contributed by atoms with Crippen LogP contribution in [-0.2, 0) is 0 Å². The van der Waals surface area contributed by atoms with E-state index in [1.165, 1.54) is 5.57 Å². The van der Waals surface area contributed by atoms with Gasteiger partial charge in [-0.15, -0.1) is 0 Å². The molecular weight excluding hydrogens is 190 g/mol. The van der Waals surface area contributed by atoms with Crippen LogP contribution < -0.4 is 15.8 Å². The van der Waals surface area contributed by atoms with Crippen LogP contribution in [0.15, 0.2) is 24.4 Å². The van der Waals surface area contributed by atoms with Crippen molar-refractivity contribution in [3.05, 3.63) is 30.0 Å². The molecule has 1 atom stereocenters. The van der Waals surface area contributed by atoms with Crippen molar-refractivity contribution in [2.24, 2.45) is 5.73 Å². The highest BCUT2D eigenvalue weighted by molar-refractivity contribution is 5.67. The van der Waals surface area contributed by atoms with Gasteiger partial charge in [-0.05, 0) is 17.2 Å². The summed E-state index contributed by atoms with van der Waals surface area (Å²) in [6.07, 6.45) is 3.89. The third kappa shape index (κ3) is 2.34. The summed E-state index contributed by atoms with van der Waals surface area (Å²) >= 11 is 0. The summed E-state index contributed by atoms with van der Waals surface area (Å²) in [5.74, 6) is 0.632. The van der Waals surface area contributed by atoms with Gasteiger partial charge in [0.1, 0.15) is 0 Å². The Kier molecular flexibility index (Phi) is 2.99. The first-order valence-electron chi connectivity index (χ1n) is 4.97. The Balaban J connectivity index is 2.21. The maximum atomic E-state index is 5.83. The summed E-state index contributed by atoms with van der Waals surface area (Å²) in [4.78, 5) is 4.17. The molecule has 4 heteroatoms. The van der Waals surface area contributed by atoms with Gasteiger partial charge in [-0.25, -0.2) is 4.98 Å². The first-order valence-corrected chi connectivity index (χ1v) is 4.97. The zero-order valence-electron chi connectivity index (χ0n) is 8.73. The van der Waals surface area contributed by atoms with Crippen LogP contribution in [0.2, 0.25) is 0 Å². The van der Waals surface area contributed by atoms with Crippen molar-refractivity contribution in [1.29, 1.82) is 0 Å². The fraction of sp³-hybridized carbons (Fsp3) is 0.364. The van der Waals surface area contributed by atoms with E-state index in [4.69, 9.17) is 10.5 Å². The number of nitrogens with one attached hydrogen (secondary N) is 1. The summed E-state index contributed by atoms with van der Waals surface area (Å²) < 4.78 is 5.01. The molecular formula is C11H15N3O. The molecule has 1 aliphatic heterocycles. The lowest BCUT2D eigenvalue weighted by molar-refractivity contribution is 0.398. The Morgan fingerprint density at radius 3 is 3.00 bits per heavy atom. The fourth-order valence-corrected chi connectivity index (χ4v) is 1.64. The maximum absolute atomic E-state index is 5.83. The van der Waals surface area contributed by atoms with E-state index in [9.17, 15) is 0 Å². The van der Waals surface area contributed by atoms with Crippen LogP contribution in [0.1, 0.15) is 5.56 Å². The molecule has 0 bridgehead atoms. The number of methoxy groups -OCH3 is 1. The van der Waals surface area contributed by atoms with E-state index in [0.29, 0.717) is 5.88 Å². The molecule has 3 N–H and O–H groups in total. The number of pyridine rings is 1. The lowest BCUT2D eigenvalue weighted by Gasteiger charge is -2.19. The molecule has 1 aromatic rings. The SMILES string of the molecule is COc1ccc(C2=CC(N)CNC2)cn1. The predicted octanol–water partition coefficient (Wildman–Crippen LogP) is 0.404. The van der Waals surface area contributed by atoms with E-state index in [-0.39, 0.29) is 6.04 Å². The summed E-state index contributed by atoms with van der Waals surface area (Å²) in [6.45, 7) is 1.69. The molecule has 0 spiro atoms. The summed E-state index contributed by atoms with van der Waals surface area (Å²) in [5.41, 5.74) is 8.13. The van der Waals surface area contributed by atoms with E-state index in [0.717, 1.165) is 18.7 Å². The van der Waals surface area contributed by atoms with Crippen LogP contribution in [0.4, 0.5) is 0 Å². The normalized spacial score (nSPS) is 20.9. The maximum Gasteiger partial charge on any atom is 0.212 e. The molecule has 15 heavy (non-hydrogen) atoms. The van der Waals surface area contributed by atoms with Crippen molar-refractivity contribution in [2.75, 3.05) is 20.2 Å². The average molecular weight is 205 g/mol. The van der Waals surface area contributed by atoms with Crippen molar-refractivity contribution in [3.63, 3.8) is 0 Å². The number of aromatic nitrogens is 1. The standard InChI is InChI=1S/C11H15N3O/c1-15-11-3-2-8(6-14-11)9-4-10(12)7-13-5-9/h2-4,6,10,13H,5,7,12H2,1H3. The molecule has 0 aliphatic carbocycles. The van der Waals surface area contributed by atoms with E-state index < -0.39 is 0 Å². The van der Waals surface area contributed by atoms with Gasteiger partial charge < -0.3 is 15.8 Å². The van der Waals surface area contributed by atoms with Crippen molar-refractivity contribution in [1.82, 2.24) is 10.3 Å². The van der Waals surface area contributed by atoms with Crippen LogP contribution in [0.25, 0.3) is 5.57 Å². The monoisotopic (exact) mass is 205 g/mol. The highest BCUT2D eigenvalue weighted by Crippen LogP contribution is 2.17. The van der Waals surface area contributed by atoms with Crippen molar-refractivity contribution in [2.45, 2.75) is 6.04 Å². The second kappa shape index (κ2) is 4.42. The molecule has 0 fully saturated rings. The van der Waals surface area contributed by atoms with Crippen LogP contribution in [-0.4, -0.2) is 31.2 Å². The van der Waals surface area contributed by atoms with Gasteiger partial charge in [0, 0.05) is 31.4 Å². The highest BCUT2D eigenvalue weighted by Gasteiger charge is 2.10. The minimum absolute atomic E-state index is 0.0934. The summed E-state index contributed by atoms with van der Waals surface area (Å²) in [5, 5.41) is 3.26. The van der Waals surface area contributed by atoms with Crippen molar-refractivity contribution >= 4 is 5.57 Å². The third-order valence-corrected chi connectivity index (χ3v) is 2.43. The molecule has 0 saturated carbocycles. The average Bonchev–Trinajstić information content (AvgIpc) is 2.29. The highest BCUT2D eigenvalue weighted by atomic mass is 16.5. The molecule has 1 unspecified atom stereocenters. The number of nitrogens with zero attached hydrogens (tertiary/aromatic N) is 1. The van der Waals surface area contributed by atoms with E-state index in [1.54, 1.807) is 7.11 Å². The van der Waals surface area contributed by atoms with E-state index >= 15 is 0 Å². The number of ether oxygens (including phenoxy) is 1. The Bertz CT molecular complexity index is 359. The molecule has 80 valence electrons. The van der Waals surface area contributed by atoms with Crippen molar-refractivity contribution < 1.29 is 4.74 Å². The van der Waals surface area contributed by atoms with Gasteiger partial charge in [0.25, 0.3) is 0 Å². The molecule has 4 nitrogen and oxygen atoms in total. The van der Waals surface area contributed by atoms with Gasteiger partial charge in [-0.2, -0.15) is 0 Å². The number of hydrogen-bond acceptors (Lipinski definition) is 4. The predicted molar refractivity (Wildman–Crippen MR) is 59.6 cm³/mol. The number of nitrogens with two attached hydrogens (primary N) is 1. The topological polar surface area (TPSA) is 60.2 Å². The number of rotatable bonds is 2.